The Morgan fingerprint density at radius 2 is 1.86 bits per heavy atom. The maximum absolute atomic E-state index is 12.6. The van der Waals surface area contributed by atoms with Gasteiger partial charge in [0.1, 0.15) is 18.3 Å². The van der Waals surface area contributed by atoms with Crippen LogP contribution in [0.2, 0.25) is 0 Å². The van der Waals surface area contributed by atoms with Crippen LogP contribution in [0.25, 0.3) is 5.65 Å². The maximum Gasteiger partial charge on any atom is 0.329 e. The lowest BCUT2D eigenvalue weighted by Crippen LogP contribution is -2.44. The third kappa shape index (κ3) is 3.24. The van der Waals surface area contributed by atoms with Crippen molar-refractivity contribution in [3.63, 3.8) is 0 Å². The molecule has 1 fully saturated rings. The molecule has 1 saturated heterocycles. The standard InChI is InChI=1S/C21H21N3O5/c1-12-6-5-9-23-17(25)10-14(22-18(12)23)11-29-21(28)13(2)24-19(26)15-7-3-4-8-16(15)20(24)27/h3-6,9-10,13,15-16H,7-8,11H2,1-2H3/t13-,15-,16+/m0/s1. The van der Waals surface area contributed by atoms with Crippen molar-refractivity contribution in [3.8, 4) is 0 Å². The molecule has 3 heterocycles. The molecule has 0 saturated carbocycles. The Labute approximate surface area is 166 Å². The summed E-state index contributed by atoms with van der Waals surface area (Å²) in [4.78, 5) is 55.4. The molecule has 0 bridgehead atoms. The van der Waals surface area contributed by atoms with Gasteiger partial charge in [-0.3, -0.25) is 23.7 Å². The number of hydrogen-bond acceptors (Lipinski definition) is 6. The quantitative estimate of drug-likeness (QED) is 0.441. The largest absolute Gasteiger partial charge is 0.458 e. The summed E-state index contributed by atoms with van der Waals surface area (Å²) in [6.07, 6.45) is 6.43. The average Bonchev–Trinajstić information content (AvgIpc) is 2.97. The lowest BCUT2D eigenvalue weighted by Gasteiger charge is -2.21. The van der Waals surface area contributed by atoms with Gasteiger partial charge in [0.2, 0.25) is 11.8 Å². The van der Waals surface area contributed by atoms with Crippen molar-refractivity contribution in [2.45, 2.75) is 39.3 Å². The Morgan fingerprint density at radius 3 is 2.52 bits per heavy atom. The van der Waals surface area contributed by atoms with Crippen molar-refractivity contribution in [2.24, 2.45) is 11.8 Å². The van der Waals surface area contributed by atoms with E-state index >= 15 is 0 Å². The van der Waals surface area contributed by atoms with Gasteiger partial charge in [-0.05, 0) is 38.3 Å². The van der Waals surface area contributed by atoms with E-state index in [0.29, 0.717) is 24.2 Å². The van der Waals surface area contributed by atoms with E-state index < -0.39 is 23.8 Å². The van der Waals surface area contributed by atoms with Gasteiger partial charge in [-0.15, -0.1) is 0 Å². The van der Waals surface area contributed by atoms with Crippen LogP contribution in [-0.2, 0) is 25.7 Å². The number of ether oxygens (including phenoxy) is 1. The Kier molecular flexibility index (Phi) is 4.77. The first-order valence-electron chi connectivity index (χ1n) is 9.55. The van der Waals surface area contributed by atoms with Crippen LogP contribution in [0, 0.1) is 18.8 Å². The van der Waals surface area contributed by atoms with Crippen LogP contribution in [0.5, 0.6) is 0 Å². The number of hydrogen-bond donors (Lipinski definition) is 0. The van der Waals surface area contributed by atoms with E-state index in [1.165, 1.54) is 17.4 Å². The number of imide groups is 1. The second-order valence-corrected chi connectivity index (χ2v) is 7.46. The molecule has 29 heavy (non-hydrogen) atoms. The van der Waals surface area contributed by atoms with Gasteiger partial charge < -0.3 is 4.74 Å². The highest BCUT2D eigenvalue weighted by Gasteiger charge is 2.50. The second-order valence-electron chi connectivity index (χ2n) is 7.46. The average molecular weight is 395 g/mol. The van der Waals surface area contributed by atoms with E-state index in [1.807, 2.05) is 25.1 Å². The fourth-order valence-electron chi connectivity index (χ4n) is 3.96. The zero-order valence-electron chi connectivity index (χ0n) is 16.2. The van der Waals surface area contributed by atoms with Gasteiger partial charge in [0.25, 0.3) is 5.56 Å². The second kappa shape index (κ2) is 7.27. The predicted octanol–water partition coefficient (Wildman–Crippen LogP) is 1.39. The van der Waals surface area contributed by atoms with Gasteiger partial charge in [-0.2, -0.15) is 0 Å². The summed E-state index contributed by atoms with van der Waals surface area (Å²) in [5.41, 5.74) is 1.33. The summed E-state index contributed by atoms with van der Waals surface area (Å²) < 4.78 is 6.70. The van der Waals surface area contributed by atoms with Crippen molar-refractivity contribution in [2.75, 3.05) is 0 Å². The van der Waals surface area contributed by atoms with Crippen molar-refractivity contribution in [1.82, 2.24) is 14.3 Å². The lowest BCUT2D eigenvalue weighted by atomic mass is 9.85. The smallest absolute Gasteiger partial charge is 0.329 e. The minimum Gasteiger partial charge on any atom is -0.458 e. The van der Waals surface area contributed by atoms with Crippen molar-refractivity contribution in [3.05, 3.63) is 58.2 Å². The minimum absolute atomic E-state index is 0.214. The van der Waals surface area contributed by atoms with Crippen LogP contribution in [0.4, 0.5) is 0 Å². The zero-order chi connectivity index (χ0) is 20.7. The molecular formula is C21H21N3O5. The molecule has 0 spiro atoms. The van der Waals surface area contributed by atoms with Gasteiger partial charge in [-0.25, -0.2) is 9.78 Å². The number of allylic oxidation sites excluding steroid dienone is 2. The Hall–Kier alpha value is -3.29. The van der Waals surface area contributed by atoms with E-state index in [0.717, 1.165) is 10.5 Å². The number of amides is 2. The molecule has 2 aliphatic rings. The van der Waals surface area contributed by atoms with Crippen molar-refractivity contribution in [1.29, 1.82) is 0 Å². The molecule has 2 aromatic rings. The molecule has 1 aliphatic heterocycles. The van der Waals surface area contributed by atoms with Crippen molar-refractivity contribution >= 4 is 23.4 Å². The zero-order valence-corrected chi connectivity index (χ0v) is 16.2. The summed E-state index contributed by atoms with van der Waals surface area (Å²) in [7, 11) is 0. The summed E-state index contributed by atoms with van der Waals surface area (Å²) >= 11 is 0. The topological polar surface area (TPSA) is 98.0 Å². The van der Waals surface area contributed by atoms with Gasteiger partial charge >= 0.3 is 5.97 Å². The highest BCUT2D eigenvalue weighted by molar-refractivity contribution is 6.08. The van der Waals surface area contributed by atoms with Crippen molar-refractivity contribution < 1.29 is 19.1 Å². The molecule has 0 N–H and O–H groups in total. The molecule has 0 unspecified atom stereocenters. The molecule has 8 heteroatoms. The van der Waals surface area contributed by atoms with Crippen LogP contribution in [0.1, 0.15) is 31.0 Å². The van der Waals surface area contributed by atoms with Crippen LogP contribution >= 0.6 is 0 Å². The van der Waals surface area contributed by atoms with Gasteiger partial charge in [0.15, 0.2) is 0 Å². The third-order valence-corrected chi connectivity index (χ3v) is 5.57. The predicted molar refractivity (Wildman–Crippen MR) is 103 cm³/mol. The van der Waals surface area contributed by atoms with Crippen LogP contribution in [0.15, 0.2) is 41.3 Å². The third-order valence-electron chi connectivity index (χ3n) is 5.57. The number of aryl methyl sites for hydroxylation is 1. The molecule has 0 aromatic carbocycles. The summed E-state index contributed by atoms with van der Waals surface area (Å²) in [5.74, 6) is -2.15. The first kappa shape index (κ1) is 19.0. The first-order valence-corrected chi connectivity index (χ1v) is 9.55. The fraction of sp³-hybridized carbons (Fsp3) is 0.381. The first-order chi connectivity index (χ1) is 13.9. The molecule has 2 amide bonds. The minimum atomic E-state index is -1.02. The fourth-order valence-corrected chi connectivity index (χ4v) is 3.96. The highest BCUT2D eigenvalue weighted by Crippen LogP contribution is 2.36. The Bertz CT molecular complexity index is 1080. The number of aromatic nitrogens is 2. The van der Waals surface area contributed by atoms with E-state index in [2.05, 4.69) is 4.98 Å². The van der Waals surface area contributed by atoms with Gasteiger partial charge in [-0.1, -0.05) is 18.2 Å². The molecule has 4 rings (SSSR count). The van der Waals surface area contributed by atoms with Gasteiger partial charge in [0, 0.05) is 12.3 Å². The number of fused-ring (bicyclic) bond motifs is 2. The maximum atomic E-state index is 12.6. The number of carbonyl (C=O) groups excluding carboxylic acids is 3. The number of carbonyl (C=O) groups is 3. The van der Waals surface area contributed by atoms with E-state index in [-0.39, 0.29) is 24.0 Å². The Balaban J connectivity index is 1.48. The number of rotatable bonds is 4. The van der Waals surface area contributed by atoms with E-state index in [9.17, 15) is 19.2 Å². The SMILES string of the molecule is Cc1cccn2c(=O)cc(COC(=O)[C@H](C)N3C(=O)[C@H]4CC=CC[C@H]4C3=O)nc12. The lowest BCUT2D eigenvalue weighted by molar-refractivity contribution is -0.159. The van der Waals surface area contributed by atoms with Crippen LogP contribution < -0.4 is 5.56 Å². The highest BCUT2D eigenvalue weighted by atomic mass is 16.5. The summed E-state index contributed by atoms with van der Waals surface area (Å²) in [6, 6.07) is 3.86. The van der Waals surface area contributed by atoms with Gasteiger partial charge in [0.05, 0.1) is 17.5 Å². The molecule has 2 aromatic heterocycles. The normalized spacial score (nSPS) is 22.1. The molecule has 1 aliphatic carbocycles. The number of nitrogens with zero attached hydrogens (tertiary/aromatic N) is 3. The summed E-state index contributed by atoms with van der Waals surface area (Å²) in [6.45, 7) is 3.10. The number of esters is 1. The van der Waals surface area contributed by atoms with E-state index in [1.54, 1.807) is 12.3 Å². The molecule has 3 atom stereocenters. The summed E-state index contributed by atoms with van der Waals surface area (Å²) in [5, 5.41) is 0. The Morgan fingerprint density at radius 1 is 1.21 bits per heavy atom. The molecule has 150 valence electrons. The monoisotopic (exact) mass is 395 g/mol. The molecule has 0 radical (unpaired) electrons. The molecule has 8 nitrogen and oxygen atoms in total. The number of pyridine rings is 1. The van der Waals surface area contributed by atoms with Crippen LogP contribution in [-0.4, -0.2) is 38.1 Å². The van der Waals surface area contributed by atoms with E-state index in [4.69, 9.17) is 4.74 Å². The van der Waals surface area contributed by atoms with Crippen LogP contribution in [0.3, 0.4) is 0 Å². The number of likely N-dealkylation sites (tertiary alicyclic amines) is 1. The molecular weight excluding hydrogens is 374 g/mol.